The lowest BCUT2D eigenvalue weighted by molar-refractivity contribution is -0.141. The molecule has 0 spiro atoms. The number of methoxy groups -OCH3 is 1. The predicted octanol–water partition coefficient (Wildman–Crippen LogP) is 4.63. The van der Waals surface area contributed by atoms with Crippen LogP contribution >= 0.6 is 0 Å². The number of nitrogens with one attached hydrogen (secondary N) is 1. The first-order valence-corrected chi connectivity index (χ1v) is 12.2. The smallest absolute Gasteiger partial charge is 0.410 e. The van der Waals surface area contributed by atoms with Crippen molar-refractivity contribution < 1.29 is 19.1 Å². The minimum Gasteiger partial charge on any atom is -0.453 e. The average molecular weight is 468 g/mol. The Morgan fingerprint density at radius 3 is 2.47 bits per heavy atom. The van der Waals surface area contributed by atoms with Crippen LogP contribution in [0, 0.1) is 6.92 Å². The van der Waals surface area contributed by atoms with Crippen LogP contribution in [0.15, 0.2) is 48.7 Å². The van der Waals surface area contributed by atoms with Gasteiger partial charge in [-0.25, -0.2) is 4.79 Å². The van der Waals surface area contributed by atoms with Gasteiger partial charge in [0.2, 0.25) is 5.91 Å². The third-order valence-electron chi connectivity index (χ3n) is 6.91. The van der Waals surface area contributed by atoms with Crippen molar-refractivity contribution in [3.63, 3.8) is 0 Å². The fraction of sp³-hybridized carbons (Fsp3) is 0.519. The van der Waals surface area contributed by atoms with Gasteiger partial charge in [0.05, 0.1) is 7.11 Å². The number of nitrogens with zero attached hydrogens (tertiary/aromatic N) is 2. The molecule has 2 aliphatic rings. The van der Waals surface area contributed by atoms with Gasteiger partial charge in [0.15, 0.2) is 0 Å². The Kier molecular flexibility index (Phi) is 8.91. The molecule has 7 nitrogen and oxygen atoms in total. The largest absolute Gasteiger partial charge is 0.453 e. The van der Waals surface area contributed by atoms with E-state index < -0.39 is 18.2 Å². The molecule has 0 bridgehead atoms. The molecular formula is C27H37N3O4. The summed E-state index contributed by atoms with van der Waals surface area (Å²) in [6.45, 7) is 8.11. The van der Waals surface area contributed by atoms with Gasteiger partial charge in [-0.3, -0.25) is 19.4 Å². The molecule has 2 unspecified atom stereocenters. The van der Waals surface area contributed by atoms with Crippen molar-refractivity contribution in [2.24, 2.45) is 0 Å². The number of hydrogen-bond acceptors (Lipinski definition) is 4. The summed E-state index contributed by atoms with van der Waals surface area (Å²) in [6, 6.07) is 6.16. The fourth-order valence-corrected chi connectivity index (χ4v) is 5.10. The molecule has 34 heavy (non-hydrogen) atoms. The zero-order chi connectivity index (χ0) is 24.7. The lowest BCUT2D eigenvalue weighted by Crippen LogP contribution is -2.52. The van der Waals surface area contributed by atoms with Crippen molar-refractivity contribution in [1.82, 2.24) is 15.1 Å². The van der Waals surface area contributed by atoms with Gasteiger partial charge in [-0.2, -0.15) is 0 Å². The maximum Gasteiger partial charge on any atom is 0.410 e. The van der Waals surface area contributed by atoms with E-state index in [9.17, 15) is 14.4 Å². The van der Waals surface area contributed by atoms with E-state index in [2.05, 4.69) is 11.9 Å². The highest BCUT2D eigenvalue weighted by Gasteiger charge is 2.42. The van der Waals surface area contributed by atoms with Crippen molar-refractivity contribution in [3.05, 3.63) is 59.8 Å². The Morgan fingerprint density at radius 2 is 1.85 bits per heavy atom. The topological polar surface area (TPSA) is 79.0 Å². The second-order valence-electron chi connectivity index (χ2n) is 9.05. The van der Waals surface area contributed by atoms with Crippen LogP contribution in [-0.2, 0) is 14.3 Å². The Hall–Kier alpha value is -3.09. The molecule has 184 valence electrons. The number of amides is 3. The Bertz CT molecular complexity index is 936. The molecule has 1 saturated heterocycles. The molecule has 1 saturated carbocycles. The summed E-state index contributed by atoms with van der Waals surface area (Å²) in [5.41, 5.74) is 2.21. The van der Waals surface area contributed by atoms with Crippen LogP contribution in [0.5, 0.6) is 0 Å². The molecule has 1 N–H and O–H groups in total. The zero-order valence-electron chi connectivity index (χ0n) is 20.6. The highest BCUT2D eigenvalue weighted by Crippen LogP contribution is 2.32. The molecule has 7 heteroatoms. The number of rotatable bonds is 7. The zero-order valence-corrected chi connectivity index (χ0v) is 20.6. The highest BCUT2D eigenvalue weighted by atomic mass is 16.5. The summed E-state index contributed by atoms with van der Waals surface area (Å²) in [5, 5.41) is 3.22. The lowest BCUT2D eigenvalue weighted by Gasteiger charge is -2.37. The monoisotopic (exact) mass is 467 g/mol. The predicted molar refractivity (Wildman–Crippen MR) is 132 cm³/mol. The molecule has 2 atom stereocenters. The third-order valence-corrected chi connectivity index (χ3v) is 6.91. The number of hydrogen-bond donors (Lipinski definition) is 1. The molecule has 1 aliphatic heterocycles. The molecule has 1 aromatic rings. The van der Waals surface area contributed by atoms with Gasteiger partial charge in [-0.05, 0) is 56.7 Å². The number of aryl methyl sites for hydroxylation is 1. The molecule has 0 aromatic heterocycles. The van der Waals surface area contributed by atoms with Gasteiger partial charge in [-0.1, -0.05) is 56.2 Å². The number of ether oxygens (including phenoxy) is 1. The number of allylic oxidation sites excluding steroid dienone is 2. The van der Waals surface area contributed by atoms with E-state index in [1.54, 1.807) is 12.2 Å². The van der Waals surface area contributed by atoms with Crippen molar-refractivity contribution in [2.75, 3.05) is 13.7 Å². The second-order valence-corrected chi connectivity index (χ2v) is 9.05. The quantitative estimate of drug-likeness (QED) is 0.593. The molecule has 3 rings (SSSR count). The van der Waals surface area contributed by atoms with Crippen LogP contribution in [0.1, 0.15) is 69.0 Å². The van der Waals surface area contributed by atoms with Crippen LogP contribution in [0.4, 0.5) is 4.79 Å². The highest BCUT2D eigenvalue weighted by molar-refractivity contribution is 5.94. The number of carbonyl (C=O) groups is 3. The number of benzene rings is 1. The van der Waals surface area contributed by atoms with E-state index in [0.717, 1.165) is 36.8 Å². The van der Waals surface area contributed by atoms with Crippen LogP contribution < -0.4 is 5.32 Å². The fourth-order valence-electron chi connectivity index (χ4n) is 5.10. The maximum absolute atomic E-state index is 14.1. The molecule has 1 aromatic carbocycles. The van der Waals surface area contributed by atoms with Crippen molar-refractivity contribution in [1.29, 1.82) is 0 Å². The van der Waals surface area contributed by atoms with E-state index in [4.69, 9.17) is 4.74 Å². The number of likely N-dealkylation sites (tertiary alicyclic amines) is 1. The summed E-state index contributed by atoms with van der Waals surface area (Å²) >= 11 is 0. The Labute approximate surface area is 202 Å². The van der Waals surface area contributed by atoms with E-state index in [1.165, 1.54) is 23.3 Å². The van der Waals surface area contributed by atoms with E-state index in [-0.39, 0.29) is 17.9 Å². The SMILES string of the molecule is C=CC(=CC)N(C(=O)C1CCCN1C(=O)OC)C(C(=O)NC1CCCCC1)c1ccccc1C. The van der Waals surface area contributed by atoms with Crippen LogP contribution in [0.25, 0.3) is 0 Å². The second kappa shape index (κ2) is 11.9. The van der Waals surface area contributed by atoms with Gasteiger partial charge in [0, 0.05) is 18.3 Å². The van der Waals surface area contributed by atoms with Gasteiger partial charge >= 0.3 is 6.09 Å². The Morgan fingerprint density at radius 1 is 1.15 bits per heavy atom. The molecule has 0 radical (unpaired) electrons. The molecule has 2 fully saturated rings. The number of carbonyl (C=O) groups excluding carboxylic acids is 3. The molecular weight excluding hydrogens is 430 g/mol. The Balaban J connectivity index is 2.05. The van der Waals surface area contributed by atoms with E-state index in [1.807, 2.05) is 38.1 Å². The average Bonchev–Trinajstić information content (AvgIpc) is 3.35. The standard InChI is InChI=1S/C27H37N3O4/c1-5-21(6-2)30(26(32)23-17-12-18-29(23)27(33)34-4)24(22-16-11-10-13-19(22)3)25(31)28-20-14-8-7-9-15-20/h5-6,10-11,13,16,20,23-24H,1,7-9,12,14-15,17-18H2,2-4H3,(H,28,31). The minimum absolute atomic E-state index is 0.0977. The molecule has 3 amide bonds. The van der Waals surface area contributed by atoms with Crippen LogP contribution in [0.3, 0.4) is 0 Å². The van der Waals surface area contributed by atoms with E-state index in [0.29, 0.717) is 25.1 Å². The molecule has 1 aliphatic carbocycles. The normalized spacial score (nSPS) is 19.9. The maximum atomic E-state index is 14.1. The summed E-state index contributed by atoms with van der Waals surface area (Å²) in [7, 11) is 1.31. The summed E-state index contributed by atoms with van der Waals surface area (Å²) in [5.74, 6) is -0.513. The van der Waals surface area contributed by atoms with Gasteiger partial charge in [-0.15, -0.1) is 0 Å². The van der Waals surface area contributed by atoms with Gasteiger partial charge in [0.1, 0.15) is 12.1 Å². The van der Waals surface area contributed by atoms with Crippen molar-refractivity contribution >= 4 is 17.9 Å². The summed E-state index contributed by atoms with van der Waals surface area (Å²) < 4.78 is 4.92. The van der Waals surface area contributed by atoms with Crippen molar-refractivity contribution in [3.8, 4) is 0 Å². The lowest BCUT2D eigenvalue weighted by atomic mass is 9.93. The van der Waals surface area contributed by atoms with Gasteiger partial charge < -0.3 is 10.1 Å². The summed E-state index contributed by atoms with van der Waals surface area (Å²) in [6.07, 6.45) is 9.30. The van der Waals surface area contributed by atoms with Crippen LogP contribution in [-0.4, -0.2) is 53.4 Å². The summed E-state index contributed by atoms with van der Waals surface area (Å²) in [4.78, 5) is 43.3. The molecule has 1 heterocycles. The van der Waals surface area contributed by atoms with E-state index >= 15 is 0 Å². The third kappa shape index (κ3) is 5.51. The minimum atomic E-state index is -0.875. The van der Waals surface area contributed by atoms with Gasteiger partial charge in [0.25, 0.3) is 5.91 Å². The van der Waals surface area contributed by atoms with Crippen molar-refractivity contribution in [2.45, 2.75) is 76.9 Å². The van der Waals surface area contributed by atoms with Crippen LogP contribution in [0.2, 0.25) is 0 Å². The first kappa shape index (κ1) is 25.5. The first-order chi connectivity index (χ1) is 16.4. The first-order valence-electron chi connectivity index (χ1n) is 12.2.